The number of nitrogens with one attached hydrogen (secondary N) is 3. The van der Waals surface area contributed by atoms with E-state index in [2.05, 4.69) is 35.9 Å². The number of thiazole rings is 6. The molecule has 5 atom stereocenters. The van der Waals surface area contributed by atoms with Gasteiger partial charge in [0.2, 0.25) is 11.8 Å². The summed E-state index contributed by atoms with van der Waals surface area (Å²) in [5.41, 5.74) is 8.21. The molecule has 8 aromatic rings. The van der Waals surface area contributed by atoms with Gasteiger partial charge in [-0.2, -0.15) is 0 Å². The summed E-state index contributed by atoms with van der Waals surface area (Å²) in [6, 6.07) is 6.74. The van der Waals surface area contributed by atoms with Gasteiger partial charge >= 0.3 is 5.97 Å². The molecule has 2 aliphatic rings. The normalized spacial score (nSPS) is 19.4. The molecule has 27 heteroatoms. The highest BCUT2D eigenvalue weighted by Crippen LogP contribution is 2.42. The number of aromatic carboxylic acids is 1. The molecule has 0 unspecified atom stereocenters. The van der Waals surface area contributed by atoms with Crippen molar-refractivity contribution in [3.63, 3.8) is 0 Å². The molecular weight excluding hydrogens is 1060 g/mol. The third kappa shape index (κ3) is 10.2. The van der Waals surface area contributed by atoms with Crippen molar-refractivity contribution >= 4 is 104 Å². The molecule has 2 aliphatic heterocycles. The van der Waals surface area contributed by atoms with Crippen molar-refractivity contribution < 1.29 is 44.1 Å². The van der Waals surface area contributed by atoms with E-state index < -0.39 is 65.7 Å². The zero-order valence-electron chi connectivity index (χ0n) is 38.0. The number of carboxylic acids is 1. The quantitative estimate of drug-likeness (QED) is 0.105. The minimum Gasteiger partial charge on any atom is -0.508 e. The van der Waals surface area contributed by atoms with Crippen LogP contribution < -0.4 is 21.7 Å². The van der Waals surface area contributed by atoms with Gasteiger partial charge in [-0.3, -0.25) is 24.0 Å². The molecule has 1 fully saturated rings. The molecule has 10 rings (SSSR count). The predicted octanol–water partition coefficient (Wildman–Crippen LogP) is 5.71. The van der Waals surface area contributed by atoms with E-state index in [4.69, 9.17) is 20.7 Å². The highest BCUT2D eigenvalue weighted by molar-refractivity contribution is 7.15. The highest BCUT2D eigenvalue weighted by atomic mass is 32.1. The van der Waals surface area contributed by atoms with Crippen molar-refractivity contribution in [2.75, 3.05) is 6.54 Å². The number of nitrogens with two attached hydrogens (primary N) is 1. The Morgan fingerprint density at radius 1 is 0.712 bits per heavy atom. The first-order valence-corrected chi connectivity index (χ1v) is 27.2. The summed E-state index contributed by atoms with van der Waals surface area (Å²) in [6.07, 6.45) is -1.25. The molecule has 10 bridgehead atoms. The second-order valence-corrected chi connectivity index (χ2v) is 22.4. The molecule has 0 saturated carbocycles. The van der Waals surface area contributed by atoms with Crippen molar-refractivity contribution in [3.8, 4) is 49.1 Å². The van der Waals surface area contributed by atoms with E-state index in [1.165, 1.54) is 55.8 Å². The zero-order chi connectivity index (χ0) is 51.2. The number of aliphatic hydroxyl groups excluding tert-OH is 1. The van der Waals surface area contributed by atoms with Gasteiger partial charge in [-0.25, -0.2) is 39.7 Å². The number of aromatic nitrogens is 7. The van der Waals surface area contributed by atoms with Crippen molar-refractivity contribution in [1.82, 2.24) is 55.7 Å². The minimum atomic E-state index is -1.20. The highest BCUT2D eigenvalue weighted by Gasteiger charge is 2.45. The topological polar surface area (TPSA) is 319 Å². The lowest BCUT2D eigenvalue weighted by molar-refractivity contribution is -0.134. The third-order valence-corrected chi connectivity index (χ3v) is 17.3. The van der Waals surface area contributed by atoms with E-state index in [-0.39, 0.29) is 59.5 Å². The van der Waals surface area contributed by atoms with Crippen LogP contribution in [-0.4, -0.2) is 109 Å². The van der Waals surface area contributed by atoms with Crippen LogP contribution in [-0.2, 0) is 22.6 Å². The van der Waals surface area contributed by atoms with E-state index in [1.54, 1.807) is 41.9 Å². The fourth-order valence-electron chi connectivity index (χ4n) is 8.17. The fourth-order valence-corrected chi connectivity index (χ4v) is 13.3. The average molecular weight is 1100 g/mol. The van der Waals surface area contributed by atoms with Crippen LogP contribution >= 0.6 is 68.0 Å². The van der Waals surface area contributed by atoms with Crippen molar-refractivity contribution in [3.05, 3.63) is 112 Å². The maximum Gasteiger partial charge on any atom is 0.355 e. The molecule has 7 aromatic heterocycles. The molecule has 21 nitrogen and oxygen atoms in total. The summed E-state index contributed by atoms with van der Waals surface area (Å²) in [7, 11) is 0. The lowest BCUT2D eigenvalue weighted by atomic mass is 10.0. The van der Waals surface area contributed by atoms with Gasteiger partial charge in [0.1, 0.15) is 76.0 Å². The van der Waals surface area contributed by atoms with Gasteiger partial charge in [-0.15, -0.1) is 68.0 Å². The molecule has 5 amide bonds. The van der Waals surface area contributed by atoms with E-state index in [0.29, 0.717) is 63.8 Å². The Bertz CT molecular complexity index is 3470. The Kier molecular flexibility index (Phi) is 13.7. The fraction of sp³-hybridized carbons (Fsp3) is 0.239. The maximum atomic E-state index is 14.8. The van der Waals surface area contributed by atoms with Crippen molar-refractivity contribution in [1.29, 1.82) is 0 Å². The zero-order valence-corrected chi connectivity index (χ0v) is 42.9. The number of fused-ring (bicyclic) bond motifs is 16. The number of phenolic OH excluding ortho intramolecular Hbond substituents is 1. The number of aromatic hydroxyl groups is 1. The van der Waals surface area contributed by atoms with E-state index in [0.717, 1.165) is 45.3 Å². The number of rotatable bonds is 6. The molecule has 9 heterocycles. The van der Waals surface area contributed by atoms with Crippen molar-refractivity contribution in [2.45, 2.75) is 57.5 Å². The Hall–Kier alpha value is -7.27. The average Bonchev–Trinajstić information content (AvgIpc) is 4.23. The number of amides is 5. The van der Waals surface area contributed by atoms with Gasteiger partial charge in [-0.1, -0.05) is 19.1 Å². The SMILES string of the molecule is Cc1sc2nc1C(=O)NCc1nc(cs1)C(=O)N[C@@H](Cc1ccc(O)cc1)C(=O)N1C[C@H](O)[C@H](C)[C@@H]1c1nc(cs1)-c1nc(cs1)-c1nc(-c3nc(C(=O)O)cs3)ccc1-c1nc(cs1)C(=O)N[C@H]2CC(N)=O. The van der Waals surface area contributed by atoms with Crippen molar-refractivity contribution in [2.24, 2.45) is 11.7 Å². The first-order chi connectivity index (χ1) is 35.1. The number of benzene rings is 1. The number of carbonyl (C=O) groups is 6. The number of aryl methyl sites for hydroxylation is 1. The molecule has 0 spiro atoms. The number of primary amides is 1. The van der Waals surface area contributed by atoms with Gasteiger partial charge in [-0.05, 0) is 36.8 Å². The number of nitrogens with zero attached hydrogens (tertiary/aromatic N) is 8. The number of carboxylic acid groups (broad SMARTS) is 1. The molecule has 0 aliphatic carbocycles. The molecule has 0 radical (unpaired) electrons. The van der Waals surface area contributed by atoms with Gasteiger partial charge in [0.25, 0.3) is 17.7 Å². The van der Waals surface area contributed by atoms with Crippen LogP contribution in [0.3, 0.4) is 0 Å². The number of hydrogen-bond donors (Lipinski definition) is 7. The molecule has 1 aromatic carbocycles. The minimum absolute atomic E-state index is 0.00153. The lowest BCUT2D eigenvalue weighted by Crippen LogP contribution is -2.50. The molecule has 372 valence electrons. The van der Waals surface area contributed by atoms with Crippen LogP contribution in [0.15, 0.2) is 63.3 Å². The van der Waals surface area contributed by atoms with E-state index in [9.17, 15) is 44.1 Å². The smallest absolute Gasteiger partial charge is 0.355 e. The number of pyridine rings is 1. The lowest BCUT2D eigenvalue weighted by Gasteiger charge is -2.29. The van der Waals surface area contributed by atoms with Gasteiger partial charge in [0.05, 0.1) is 36.8 Å². The number of aliphatic hydroxyl groups is 1. The number of hydrogen-bond acceptors (Lipinski definition) is 21. The second-order valence-electron chi connectivity index (χ2n) is 16.8. The monoisotopic (exact) mass is 1090 g/mol. The largest absolute Gasteiger partial charge is 0.508 e. The molecule has 73 heavy (non-hydrogen) atoms. The summed E-state index contributed by atoms with van der Waals surface area (Å²) >= 11 is 7.00. The Balaban J connectivity index is 1.05. The van der Waals surface area contributed by atoms with Gasteiger partial charge in [0, 0.05) is 56.2 Å². The number of phenols is 1. The predicted molar refractivity (Wildman–Crippen MR) is 272 cm³/mol. The van der Waals surface area contributed by atoms with Crippen LogP contribution in [0.4, 0.5) is 0 Å². The number of carbonyl (C=O) groups excluding carboxylic acids is 5. The first-order valence-electron chi connectivity index (χ1n) is 22.0. The Morgan fingerprint density at radius 2 is 1.38 bits per heavy atom. The molecular formula is C46H38N12O9S6. The van der Waals surface area contributed by atoms with Gasteiger partial charge < -0.3 is 41.9 Å². The summed E-state index contributed by atoms with van der Waals surface area (Å²) < 4.78 is 0. The van der Waals surface area contributed by atoms with Gasteiger partial charge in [0.15, 0.2) is 5.69 Å². The summed E-state index contributed by atoms with van der Waals surface area (Å²) in [5.74, 6) is -4.76. The summed E-state index contributed by atoms with van der Waals surface area (Å²) in [5, 5.41) is 49.7. The second kappa shape index (κ2) is 20.3. The van der Waals surface area contributed by atoms with E-state index >= 15 is 0 Å². The van der Waals surface area contributed by atoms with Crippen LogP contribution in [0, 0.1) is 12.8 Å². The Labute approximate surface area is 437 Å². The maximum absolute atomic E-state index is 14.8. The van der Waals surface area contributed by atoms with Crippen LogP contribution in [0.2, 0.25) is 0 Å². The first kappa shape index (κ1) is 49.3. The Morgan fingerprint density at radius 3 is 2.14 bits per heavy atom. The van der Waals surface area contributed by atoms with Crippen LogP contribution in [0.1, 0.15) is 92.8 Å². The third-order valence-electron chi connectivity index (χ3n) is 11.9. The summed E-state index contributed by atoms with van der Waals surface area (Å²) in [4.78, 5) is 115. The van der Waals surface area contributed by atoms with Crippen LogP contribution in [0.25, 0.3) is 43.4 Å². The van der Waals surface area contributed by atoms with E-state index in [1.807, 2.05) is 6.92 Å². The van der Waals surface area contributed by atoms with Crippen LogP contribution in [0.5, 0.6) is 5.75 Å². The summed E-state index contributed by atoms with van der Waals surface area (Å²) in [6.45, 7) is 3.35. The molecule has 1 saturated heterocycles. The standard InChI is InChI=1S/C46H38N12O9S6/c1-18-31(60)12-58-36(18)44-55-29(16-72-44)42-53-26(13-70-42)35-22(7-8-23(50-35)41-56-30(17-71-41)46(66)67)40-54-28(15-69-40)38(63)51-24(10-32(47)61)43-57-34(19(2)73-43)39(64)48-11-33-49-27(14-68-33)37(62)52-25(45(58)65)9-20-3-5-21(59)6-4-20/h3-8,13-18,24-25,31,36,59-60H,9-12H2,1-2H3,(H2,47,61)(H,48,64)(H,51,63)(H,52,62)(H,66,67)/t18-,24-,25-,31-,36+/m0/s1. The molecule has 8 N–H and O–H groups in total.